The van der Waals surface area contributed by atoms with Gasteiger partial charge in [-0.1, -0.05) is 114 Å². The topological polar surface area (TPSA) is 152 Å². The summed E-state index contributed by atoms with van der Waals surface area (Å²) in [6, 6.07) is 59.6. The van der Waals surface area contributed by atoms with Crippen molar-refractivity contribution < 1.29 is 31.1 Å². The fourth-order valence-electron chi connectivity index (χ4n) is 7.73. The average molecular weight is 1010 g/mol. The second-order valence-corrected chi connectivity index (χ2v) is 20.2. The summed E-state index contributed by atoms with van der Waals surface area (Å²) < 4.78 is 68.3. The third-order valence-electron chi connectivity index (χ3n) is 11.1. The standard InChI is InChI=1S/C31H25ClN2O4S.C24H21ClN2O3S/c1-22-15-17-29(28-19-25(32)16-18-30(28)38-21-23-9-4-2-5-10-23)34(22)26-13-8-14-27(20-26)39(36,37)33-31(35)24-11-6-3-7-12-24;1-17-10-12-23(27(17)20-8-5-9-21(15-20)31(26,28)29)22-14-19(25)11-13-24(22)30-16-18-6-3-2-4-7-18/h2-20H,21H2,1H3,(H,33,35);2-15H,16H2,1H3,(H2,26,28,29). The Kier molecular flexibility index (Phi) is 15.1. The summed E-state index contributed by atoms with van der Waals surface area (Å²) in [7, 11) is -7.94. The number of hydrogen-bond acceptors (Lipinski definition) is 7. The fraction of sp³-hybridized carbons (Fsp3) is 0.0727. The molecule has 15 heteroatoms. The lowest BCUT2D eigenvalue weighted by molar-refractivity contribution is 0.0981. The van der Waals surface area contributed by atoms with Crippen LogP contribution in [0.15, 0.2) is 210 Å². The molecule has 0 saturated heterocycles. The average Bonchev–Trinajstić information content (AvgIpc) is 3.95. The third kappa shape index (κ3) is 11.7. The first kappa shape index (κ1) is 49.0. The number of benzene rings is 7. The van der Waals surface area contributed by atoms with Gasteiger partial charge >= 0.3 is 0 Å². The van der Waals surface area contributed by atoms with Gasteiger partial charge in [-0.25, -0.2) is 26.7 Å². The number of aromatic nitrogens is 2. The van der Waals surface area contributed by atoms with Gasteiger partial charge in [-0.05, 0) is 134 Å². The molecule has 0 aliphatic carbocycles. The molecule has 2 aromatic heterocycles. The minimum Gasteiger partial charge on any atom is -0.488 e. The number of nitrogens with one attached hydrogen (secondary N) is 1. The number of primary sulfonamides is 1. The Morgan fingerprint density at radius 1 is 0.514 bits per heavy atom. The summed E-state index contributed by atoms with van der Waals surface area (Å²) in [6.45, 7) is 4.67. The highest BCUT2D eigenvalue weighted by Gasteiger charge is 2.22. The van der Waals surface area contributed by atoms with E-state index in [9.17, 15) is 21.6 Å². The van der Waals surface area contributed by atoms with Crippen molar-refractivity contribution in [1.82, 2.24) is 13.9 Å². The second-order valence-electron chi connectivity index (χ2n) is 16.1. The smallest absolute Gasteiger partial charge is 0.264 e. The van der Waals surface area contributed by atoms with E-state index in [1.54, 1.807) is 60.7 Å². The zero-order chi connectivity index (χ0) is 49.4. The number of amides is 1. The van der Waals surface area contributed by atoms with E-state index in [2.05, 4.69) is 4.72 Å². The largest absolute Gasteiger partial charge is 0.488 e. The van der Waals surface area contributed by atoms with Gasteiger partial charge in [0.05, 0.1) is 21.2 Å². The molecule has 2 heterocycles. The van der Waals surface area contributed by atoms with Crippen molar-refractivity contribution in [2.75, 3.05) is 0 Å². The minimum absolute atomic E-state index is 0.0324. The molecule has 0 unspecified atom stereocenters. The number of halogens is 2. The summed E-state index contributed by atoms with van der Waals surface area (Å²) >= 11 is 12.7. The van der Waals surface area contributed by atoms with Crippen molar-refractivity contribution >= 4 is 49.2 Å². The van der Waals surface area contributed by atoms with Crippen LogP contribution in [-0.4, -0.2) is 31.9 Å². The van der Waals surface area contributed by atoms with E-state index in [4.69, 9.17) is 37.8 Å². The van der Waals surface area contributed by atoms with Crippen molar-refractivity contribution in [3.05, 3.63) is 238 Å². The SMILES string of the molecule is Cc1ccc(-c2cc(Cl)ccc2OCc2ccccc2)n1-c1cccc(S(=O)(=O)NC(=O)c2ccccc2)c1.Cc1ccc(-c2cc(Cl)ccc2OCc2ccccc2)n1-c1cccc(S(N)(=O)=O)c1. The fourth-order valence-corrected chi connectivity index (χ4v) is 9.64. The van der Waals surface area contributed by atoms with Crippen LogP contribution in [0.4, 0.5) is 0 Å². The van der Waals surface area contributed by atoms with E-state index in [0.717, 1.165) is 45.0 Å². The maximum Gasteiger partial charge on any atom is 0.264 e. The highest BCUT2D eigenvalue weighted by molar-refractivity contribution is 7.90. The van der Waals surface area contributed by atoms with E-state index in [1.165, 1.54) is 18.2 Å². The number of carbonyl (C=O) groups excluding carboxylic acids is 1. The molecule has 1 amide bonds. The molecule has 0 aliphatic heterocycles. The number of nitrogens with zero attached hydrogens (tertiary/aromatic N) is 2. The molecule has 0 atom stereocenters. The first-order valence-corrected chi connectivity index (χ1v) is 25.6. The number of aryl methyl sites for hydroxylation is 2. The molecule has 9 rings (SSSR count). The van der Waals surface area contributed by atoms with Crippen LogP contribution in [0, 0.1) is 13.8 Å². The van der Waals surface area contributed by atoms with Crippen LogP contribution in [-0.2, 0) is 33.3 Å². The number of ether oxygens (including phenoxy) is 2. The van der Waals surface area contributed by atoms with Gasteiger partial charge in [0.1, 0.15) is 24.7 Å². The first-order chi connectivity index (χ1) is 33.6. The maximum atomic E-state index is 13.1. The van der Waals surface area contributed by atoms with Gasteiger partial charge in [0.2, 0.25) is 10.0 Å². The Morgan fingerprint density at radius 2 is 0.943 bits per heavy atom. The molecule has 0 bridgehead atoms. The van der Waals surface area contributed by atoms with Gasteiger partial charge in [0.15, 0.2) is 0 Å². The Morgan fingerprint density at radius 3 is 1.40 bits per heavy atom. The third-order valence-corrected chi connectivity index (χ3v) is 13.8. The predicted molar refractivity (Wildman–Crippen MR) is 276 cm³/mol. The van der Waals surface area contributed by atoms with Crippen molar-refractivity contribution in [2.45, 2.75) is 36.9 Å². The lowest BCUT2D eigenvalue weighted by Crippen LogP contribution is -2.30. The van der Waals surface area contributed by atoms with E-state index in [0.29, 0.717) is 46.1 Å². The lowest BCUT2D eigenvalue weighted by Gasteiger charge is -2.17. The highest BCUT2D eigenvalue weighted by Crippen LogP contribution is 2.38. The van der Waals surface area contributed by atoms with E-state index >= 15 is 0 Å². The number of sulfonamides is 2. The first-order valence-electron chi connectivity index (χ1n) is 21.8. The molecule has 3 N–H and O–H groups in total. The van der Waals surface area contributed by atoms with Crippen LogP contribution >= 0.6 is 23.2 Å². The number of hydrogen-bond donors (Lipinski definition) is 2. The van der Waals surface area contributed by atoms with E-state index in [1.807, 2.05) is 144 Å². The summed E-state index contributed by atoms with van der Waals surface area (Å²) in [6.07, 6.45) is 0. The van der Waals surface area contributed by atoms with Gasteiger partial charge in [-0.2, -0.15) is 0 Å². The Labute approximate surface area is 417 Å². The summed E-state index contributed by atoms with van der Waals surface area (Å²) in [5, 5.41) is 6.45. The highest BCUT2D eigenvalue weighted by atomic mass is 35.5. The van der Waals surface area contributed by atoms with Crippen LogP contribution < -0.4 is 19.3 Å². The van der Waals surface area contributed by atoms with Crippen molar-refractivity contribution in [3.8, 4) is 45.4 Å². The van der Waals surface area contributed by atoms with Gasteiger partial charge in [-0.3, -0.25) is 4.79 Å². The molecule has 70 heavy (non-hydrogen) atoms. The molecule has 0 spiro atoms. The number of nitrogens with two attached hydrogens (primary N) is 1. The Balaban J connectivity index is 0.000000193. The molecule has 0 saturated carbocycles. The van der Waals surface area contributed by atoms with Crippen LogP contribution in [0.5, 0.6) is 11.5 Å². The van der Waals surface area contributed by atoms with Gasteiger partial charge in [0.25, 0.3) is 15.9 Å². The minimum atomic E-state index is -4.12. The molecule has 9 aromatic rings. The lowest BCUT2D eigenvalue weighted by atomic mass is 10.1. The summed E-state index contributed by atoms with van der Waals surface area (Å²) in [4.78, 5) is 12.6. The molecule has 0 radical (unpaired) electrons. The molecule has 7 aromatic carbocycles. The zero-order valence-electron chi connectivity index (χ0n) is 37.9. The van der Waals surface area contributed by atoms with Gasteiger partial charge in [-0.15, -0.1) is 0 Å². The molecular formula is C55H46Cl2N4O7S2. The Bertz CT molecular complexity index is 3530. The number of carbonyl (C=O) groups is 1. The van der Waals surface area contributed by atoms with Gasteiger partial charge < -0.3 is 18.6 Å². The monoisotopic (exact) mass is 1010 g/mol. The summed E-state index contributed by atoms with van der Waals surface area (Å²) in [5.41, 5.74) is 8.60. The van der Waals surface area contributed by atoms with Crippen LogP contribution in [0.25, 0.3) is 33.9 Å². The van der Waals surface area contributed by atoms with E-state index < -0.39 is 26.0 Å². The summed E-state index contributed by atoms with van der Waals surface area (Å²) in [5.74, 6) is 0.620. The molecule has 0 aliphatic rings. The van der Waals surface area contributed by atoms with Crippen molar-refractivity contribution in [2.24, 2.45) is 5.14 Å². The van der Waals surface area contributed by atoms with Crippen LogP contribution in [0.3, 0.4) is 0 Å². The molecule has 0 fully saturated rings. The van der Waals surface area contributed by atoms with E-state index in [-0.39, 0.29) is 15.4 Å². The molecule has 11 nitrogen and oxygen atoms in total. The predicted octanol–water partition coefficient (Wildman–Crippen LogP) is 12.1. The van der Waals surface area contributed by atoms with Crippen LogP contribution in [0.2, 0.25) is 10.0 Å². The molecule has 354 valence electrons. The zero-order valence-corrected chi connectivity index (χ0v) is 41.0. The normalized spacial score (nSPS) is 11.3. The van der Waals surface area contributed by atoms with Crippen molar-refractivity contribution in [3.63, 3.8) is 0 Å². The van der Waals surface area contributed by atoms with Gasteiger partial charge in [0, 0.05) is 49.5 Å². The number of rotatable bonds is 14. The second kappa shape index (κ2) is 21.5. The Hall–Kier alpha value is -7.39. The van der Waals surface area contributed by atoms with Crippen LogP contribution in [0.1, 0.15) is 32.9 Å². The maximum absolute atomic E-state index is 13.1. The molecular weight excluding hydrogens is 964 g/mol. The quantitative estimate of drug-likeness (QED) is 0.110. The van der Waals surface area contributed by atoms with Crippen molar-refractivity contribution in [1.29, 1.82) is 0 Å².